The molecular weight excluding hydrogens is 708 g/mol. The summed E-state index contributed by atoms with van der Waals surface area (Å²) in [4.78, 5) is 69.7. The second-order valence-electron chi connectivity index (χ2n) is 14.4. The molecule has 1 aliphatic carbocycles. The number of hydrogen-bond acceptors (Lipinski definition) is 9. The minimum absolute atomic E-state index is 0.00470. The Morgan fingerprint density at radius 2 is 1.83 bits per heavy atom. The number of hydrogen-bond donors (Lipinski definition) is 2. The number of amides is 4. The van der Waals surface area contributed by atoms with Crippen LogP contribution in [0.2, 0.25) is 0 Å². The van der Waals surface area contributed by atoms with E-state index in [0.717, 1.165) is 25.7 Å². The normalized spacial score (nSPS) is 26.6. The van der Waals surface area contributed by atoms with Gasteiger partial charge in [-0.3, -0.25) is 24.1 Å². The van der Waals surface area contributed by atoms with Crippen molar-refractivity contribution in [2.45, 2.75) is 88.4 Å². The molecule has 0 bridgehead atoms. The van der Waals surface area contributed by atoms with Crippen molar-refractivity contribution in [2.24, 2.45) is 17.3 Å². The smallest absolute Gasteiger partial charge is 0.410 e. The SMILES string of the molecule is CNC(=O)COc1ccccc1S(=O)(=O)NC(=O)[C@]12CC(=O)[C@@H]3C[C@@H](OC(=O)N4Cc5cccc(F)c5C4)CN3C(=O)[C@@H](C)CCCCC/C=C\[C@H]1C2. The molecule has 1 saturated heterocycles. The van der Waals surface area contributed by atoms with Gasteiger partial charge in [-0.05, 0) is 55.4 Å². The molecule has 4 amide bonds. The van der Waals surface area contributed by atoms with Crippen LogP contribution in [0.4, 0.5) is 9.18 Å². The molecule has 13 nitrogen and oxygen atoms in total. The first-order valence-corrected chi connectivity index (χ1v) is 19.5. The topological polar surface area (TPSA) is 168 Å². The molecule has 6 rings (SSSR count). The minimum atomic E-state index is -4.52. The van der Waals surface area contributed by atoms with Crippen molar-refractivity contribution < 1.29 is 46.3 Å². The molecule has 2 N–H and O–H groups in total. The predicted molar refractivity (Wildman–Crippen MR) is 189 cm³/mol. The van der Waals surface area contributed by atoms with E-state index in [1.807, 2.05) is 19.1 Å². The quantitative estimate of drug-likeness (QED) is 0.398. The Hall–Kier alpha value is -4.79. The number of allylic oxidation sites excluding steroid dienone is 2. The van der Waals surface area contributed by atoms with Crippen molar-refractivity contribution >= 4 is 39.6 Å². The Labute approximate surface area is 308 Å². The third-order valence-corrected chi connectivity index (χ3v) is 12.1. The van der Waals surface area contributed by atoms with Gasteiger partial charge in [0, 0.05) is 37.9 Å². The fourth-order valence-corrected chi connectivity index (χ4v) is 8.77. The zero-order chi connectivity index (χ0) is 37.9. The zero-order valence-corrected chi connectivity index (χ0v) is 30.7. The maximum atomic E-state index is 14.4. The number of sulfonamides is 1. The Kier molecular flexibility index (Phi) is 11.2. The third kappa shape index (κ3) is 8.24. The molecule has 2 fully saturated rings. The fourth-order valence-electron chi connectivity index (χ4n) is 7.56. The van der Waals surface area contributed by atoms with Crippen LogP contribution in [-0.2, 0) is 47.0 Å². The monoisotopic (exact) mass is 752 g/mol. The highest BCUT2D eigenvalue weighted by Crippen LogP contribution is 2.57. The van der Waals surface area contributed by atoms with E-state index < -0.39 is 75.5 Å². The number of halogens is 1. The van der Waals surface area contributed by atoms with Crippen LogP contribution in [0.5, 0.6) is 5.75 Å². The number of rotatable bonds is 7. The van der Waals surface area contributed by atoms with Gasteiger partial charge in [-0.25, -0.2) is 22.3 Å². The Morgan fingerprint density at radius 3 is 2.60 bits per heavy atom. The summed E-state index contributed by atoms with van der Waals surface area (Å²) in [6, 6.07) is 9.25. The maximum Gasteiger partial charge on any atom is 0.410 e. The van der Waals surface area contributed by atoms with Gasteiger partial charge in [-0.15, -0.1) is 0 Å². The second kappa shape index (κ2) is 15.7. The lowest BCUT2D eigenvalue weighted by molar-refractivity contribution is -0.141. The lowest BCUT2D eigenvalue weighted by Gasteiger charge is -2.27. The van der Waals surface area contributed by atoms with Crippen molar-refractivity contribution in [2.75, 3.05) is 20.2 Å². The van der Waals surface area contributed by atoms with Crippen molar-refractivity contribution in [1.82, 2.24) is 19.8 Å². The Morgan fingerprint density at radius 1 is 1.04 bits per heavy atom. The van der Waals surface area contributed by atoms with Crippen LogP contribution in [-0.4, -0.2) is 80.2 Å². The molecular formula is C38H45FN4O9S. The number of ketones is 1. The van der Waals surface area contributed by atoms with Gasteiger partial charge >= 0.3 is 6.09 Å². The van der Waals surface area contributed by atoms with Crippen LogP contribution < -0.4 is 14.8 Å². The first-order chi connectivity index (χ1) is 25.3. The van der Waals surface area contributed by atoms with Gasteiger partial charge in [-0.2, -0.15) is 0 Å². The standard InChI is InChI=1S/C38H45FN4O9S/c1-24-11-6-4-3-5-7-13-26-18-38(26,36(47)41-53(49,50)33-16-9-8-15-32(33)51-23-34(45)40-2)19-31(44)30-17-27(21-43(30)35(24)46)52-37(48)42-20-25-12-10-14-29(39)28(25)22-42/h7-10,12-16,24,26-27,30H,3-6,11,17-23H2,1-2H3,(H,40,45)(H,41,47)/b13-7-/t24-,26-,27+,30-,38+/m0/s1. The lowest BCUT2D eigenvalue weighted by Crippen LogP contribution is -2.45. The summed E-state index contributed by atoms with van der Waals surface area (Å²) in [6.07, 6.45) is 6.06. The van der Waals surface area contributed by atoms with Gasteiger partial charge in [0.1, 0.15) is 22.6 Å². The Balaban J connectivity index is 1.22. The molecule has 15 heteroatoms. The summed E-state index contributed by atoms with van der Waals surface area (Å²) in [5.74, 6) is -3.41. The van der Waals surface area contributed by atoms with Gasteiger partial charge in [0.25, 0.3) is 15.9 Å². The number of fused-ring (bicyclic) bond motifs is 3. The van der Waals surface area contributed by atoms with E-state index in [1.54, 1.807) is 12.1 Å². The highest BCUT2D eigenvalue weighted by atomic mass is 32.2. The van der Waals surface area contributed by atoms with E-state index in [2.05, 4.69) is 10.0 Å². The average Bonchev–Trinajstić information content (AvgIpc) is 3.43. The number of likely N-dealkylation sites (N-methyl/N-ethyl adjacent to an activating group) is 1. The summed E-state index contributed by atoms with van der Waals surface area (Å²) < 4.78 is 55.1. The van der Waals surface area contributed by atoms with Crippen molar-refractivity contribution in [3.63, 3.8) is 0 Å². The second-order valence-corrected chi connectivity index (χ2v) is 16.1. The maximum absolute atomic E-state index is 14.4. The molecule has 2 aromatic rings. The molecule has 2 aromatic carbocycles. The number of benzene rings is 2. The predicted octanol–water partition coefficient (Wildman–Crippen LogP) is 4.00. The van der Waals surface area contributed by atoms with Crippen molar-refractivity contribution in [1.29, 1.82) is 0 Å². The summed E-state index contributed by atoms with van der Waals surface area (Å²) in [5, 5.41) is 2.39. The molecule has 4 aliphatic rings. The molecule has 0 aromatic heterocycles. The number of ether oxygens (including phenoxy) is 2. The first-order valence-electron chi connectivity index (χ1n) is 18.0. The largest absolute Gasteiger partial charge is 0.482 e. The number of nitrogens with zero attached hydrogens (tertiary/aromatic N) is 2. The minimum Gasteiger partial charge on any atom is -0.482 e. The van der Waals surface area contributed by atoms with Gasteiger partial charge in [-0.1, -0.05) is 56.2 Å². The van der Waals surface area contributed by atoms with E-state index >= 15 is 0 Å². The molecule has 1 saturated carbocycles. The van der Waals surface area contributed by atoms with Gasteiger partial charge < -0.3 is 19.7 Å². The molecule has 0 radical (unpaired) electrons. The van der Waals surface area contributed by atoms with E-state index in [1.165, 1.54) is 47.2 Å². The number of carbonyl (C=O) groups is 5. The van der Waals surface area contributed by atoms with Crippen LogP contribution >= 0.6 is 0 Å². The molecule has 284 valence electrons. The number of Topliss-reactive ketones (excluding diaryl/α,β-unsaturated/α-hetero) is 1. The molecule has 0 spiro atoms. The summed E-state index contributed by atoms with van der Waals surface area (Å²) in [7, 11) is -3.11. The van der Waals surface area contributed by atoms with Crippen LogP contribution in [0.15, 0.2) is 59.5 Å². The molecule has 0 unspecified atom stereocenters. The molecule has 3 heterocycles. The van der Waals surface area contributed by atoms with Gasteiger partial charge in [0.2, 0.25) is 11.8 Å². The number of para-hydroxylation sites is 1. The summed E-state index contributed by atoms with van der Waals surface area (Å²) in [5.41, 5.74) is -0.306. The van der Waals surface area contributed by atoms with Crippen molar-refractivity contribution in [3.05, 3.63) is 71.6 Å². The van der Waals surface area contributed by atoms with Crippen LogP contribution in [0.1, 0.15) is 69.4 Å². The van der Waals surface area contributed by atoms with Crippen molar-refractivity contribution in [3.8, 4) is 5.75 Å². The van der Waals surface area contributed by atoms with Crippen LogP contribution in [0, 0.1) is 23.1 Å². The number of carbonyl (C=O) groups excluding carboxylic acids is 5. The molecule has 5 atom stereocenters. The van der Waals surface area contributed by atoms with E-state index in [-0.39, 0.29) is 55.4 Å². The van der Waals surface area contributed by atoms with Gasteiger partial charge in [0.15, 0.2) is 12.4 Å². The lowest BCUT2D eigenvalue weighted by atomic mass is 9.91. The van der Waals surface area contributed by atoms with E-state index in [9.17, 15) is 36.8 Å². The average molecular weight is 753 g/mol. The Bertz CT molecular complexity index is 1920. The summed E-state index contributed by atoms with van der Waals surface area (Å²) in [6.45, 7) is 1.54. The van der Waals surface area contributed by atoms with Crippen LogP contribution in [0.25, 0.3) is 0 Å². The third-order valence-electron chi connectivity index (χ3n) is 10.7. The highest BCUT2D eigenvalue weighted by Gasteiger charge is 2.61. The molecule has 53 heavy (non-hydrogen) atoms. The summed E-state index contributed by atoms with van der Waals surface area (Å²) >= 11 is 0. The van der Waals surface area contributed by atoms with Gasteiger partial charge in [0.05, 0.1) is 24.5 Å². The van der Waals surface area contributed by atoms with Crippen LogP contribution in [0.3, 0.4) is 0 Å². The first kappa shape index (κ1) is 38.0. The number of nitrogens with one attached hydrogen (secondary N) is 2. The highest BCUT2D eigenvalue weighted by molar-refractivity contribution is 7.90. The fraction of sp³-hybridized carbons (Fsp3) is 0.500. The zero-order valence-electron chi connectivity index (χ0n) is 29.8. The molecule has 3 aliphatic heterocycles. The van der Waals surface area contributed by atoms with E-state index in [0.29, 0.717) is 17.5 Å². The van der Waals surface area contributed by atoms with E-state index in [4.69, 9.17) is 9.47 Å².